The molecule has 40 heavy (non-hydrogen) atoms. The molecule has 0 aliphatic carbocycles. The van der Waals surface area contributed by atoms with Crippen LogP contribution in [0, 0.1) is 5.92 Å². The first-order valence-corrected chi connectivity index (χ1v) is 14.0. The first kappa shape index (κ1) is 29.1. The molecule has 2 heterocycles. The van der Waals surface area contributed by atoms with Crippen LogP contribution >= 0.6 is 0 Å². The number of fused-ring (bicyclic) bond motifs is 1. The van der Waals surface area contributed by atoms with E-state index < -0.39 is 0 Å². The van der Waals surface area contributed by atoms with Crippen LogP contribution in [0.1, 0.15) is 79.6 Å². The molecule has 214 valence electrons. The van der Waals surface area contributed by atoms with Crippen LogP contribution in [0.4, 0.5) is 11.8 Å². The molecule has 2 aromatic carbocycles. The van der Waals surface area contributed by atoms with Gasteiger partial charge < -0.3 is 20.9 Å². The predicted octanol–water partition coefficient (Wildman–Crippen LogP) is 4.77. The monoisotopic (exact) mass is 546 g/mol. The number of hydrogen-bond acceptors (Lipinski definition) is 8. The lowest BCUT2D eigenvalue weighted by molar-refractivity contribution is -0.139. The molecular formula is C31H42N6O3. The maximum absolute atomic E-state index is 13.6. The van der Waals surface area contributed by atoms with Crippen molar-refractivity contribution in [2.75, 3.05) is 25.7 Å². The zero-order valence-corrected chi connectivity index (χ0v) is 24.3. The summed E-state index contributed by atoms with van der Waals surface area (Å²) in [6, 6.07) is 12.4. The van der Waals surface area contributed by atoms with Crippen LogP contribution in [-0.4, -0.2) is 35.1 Å². The Balaban J connectivity index is 1.59. The van der Waals surface area contributed by atoms with E-state index in [4.69, 9.17) is 20.9 Å². The fourth-order valence-corrected chi connectivity index (χ4v) is 5.55. The van der Waals surface area contributed by atoms with E-state index in [-0.39, 0.29) is 17.9 Å². The lowest BCUT2D eigenvalue weighted by atomic mass is 9.91. The van der Waals surface area contributed by atoms with Crippen LogP contribution in [-0.2, 0) is 30.6 Å². The van der Waals surface area contributed by atoms with Gasteiger partial charge in [-0.2, -0.15) is 4.98 Å². The van der Waals surface area contributed by atoms with Crippen molar-refractivity contribution >= 4 is 17.7 Å². The number of benzene rings is 2. The molecule has 0 spiro atoms. The number of nitrogens with one attached hydrogen (secondary N) is 1. The van der Waals surface area contributed by atoms with Gasteiger partial charge in [-0.05, 0) is 53.5 Å². The van der Waals surface area contributed by atoms with Crippen molar-refractivity contribution in [2.45, 2.75) is 71.9 Å². The summed E-state index contributed by atoms with van der Waals surface area (Å²) in [5.74, 6) is 2.29. The third kappa shape index (κ3) is 6.47. The normalized spacial score (nSPS) is 14.8. The molecule has 0 radical (unpaired) electrons. The third-order valence-corrected chi connectivity index (χ3v) is 7.36. The molecule has 1 aromatic heterocycles. The summed E-state index contributed by atoms with van der Waals surface area (Å²) in [5.41, 5.74) is 21.6. The van der Waals surface area contributed by atoms with Crippen molar-refractivity contribution in [3.63, 3.8) is 0 Å². The van der Waals surface area contributed by atoms with E-state index in [1.807, 2.05) is 23.2 Å². The maximum atomic E-state index is 13.6. The minimum Gasteiger partial charge on any atom is -0.493 e. The fraction of sp³-hybridized carbons (Fsp3) is 0.452. The van der Waals surface area contributed by atoms with Crippen LogP contribution in [0.15, 0.2) is 36.4 Å². The molecule has 5 N–H and O–H groups in total. The first-order valence-electron chi connectivity index (χ1n) is 14.0. The summed E-state index contributed by atoms with van der Waals surface area (Å²) >= 11 is 0. The number of aromatic nitrogens is 2. The van der Waals surface area contributed by atoms with E-state index >= 15 is 0 Å². The van der Waals surface area contributed by atoms with Gasteiger partial charge in [-0.3, -0.25) is 9.80 Å². The Hall–Kier alpha value is -3.85. The van der Waals surface area contributed by atoms with Gasteiger partial charge >= 0.3 is 0 Å². The van der Waals surface area contributed by atoms with E-state index in [2.05, 4.69) is 54.4 Å². The average molecular weight is 547 g/mol. The van der Waals surface area contributed by atoms with Crippen molar-refractivity contribution in [3.8, 4) is 11.5 Å². The van der Waals surface area contributed by atoms with Crippen LogP contribution in [0.25, 0.3) is 0 Å². The molecule has 1 aliphatic rings. The van der Waals surface area contributed by atoms with Crippen molar-refractivity contribution in [3.05, 3.63) is 69.9 Å². The topological polar surface area (TPSA) is 129 Å². The van der Waals surface area contributed by atoms with Gasteiger partial charge in [0.2, 0.25) is 11.9 Å². The van der Waals surface area contributed by atoms with Crippen LogP contribution in [0.2, 0.25) is 0 Å². The summed E-state index contributed by atoms with van der Waals surface area (Å²) in [5, 5.41) is 1.83. The Bertz CT molecular complexity index is 1340. The minimum atomic E-state index is -0.00862. The number of carbonyl (C=O) groups is 1. The number of hydrogen-bond donors (Lipinski definition) is 3. The highest BCUT2D eigenvalue weighted by Crippen LogP contribution is 2.36. The van der Waals surface area contributed by atoms with Gasteiger partial charge in [0.1, 0.15) is 5.82 Å². The number of ether oxygens (including phenoxy) is 2. The van der Waals surface area contributed by atoms with Crippen LogP contribution < -0.4 is 26.4 Å². The van der Waals surface area contributed by atoms with Crippen molar-refractivity contribution in [1.29, 1.82) is 0 Å². The Labute approximate surface area is 237 Å². The Morgan fingerprint density at radius 3 is 2.60 bits per heavy atom. The standard InChI is InChI=1S/C31H42N6O3/c1-6-9-25-24(30(32)36-31(33)35-25)16-20-15-21(29(40-5)27(17-20)39-4)12-13-28(38)37-26(14-19(2)3)23-11-8-7-10-22(23)18-34-37/h7-8,10-11,15,17,19,26,34H,6,9,12-14,16,18H2,1-5H3,(H4,32,33,35,36)/t26-/m0/s1. The minimum absolute atomic E-state index is 0.00862. The van der Waals surface area contributed by atoms with Gasteiger partial charge in [-0.15, -0.1) is 0 Å². The number of rotatable bonds is 11. The highest BCUT2D eigenvalue weighted by molar-refractivity contribution is 5.77. The van der Waals surface area contributed by atoms with E-state index in [0.29, 0.717) is 49.0 Å². The summed E-state index contributed by atoms with van der Waals surface area (Å²) in [6.07, 6.45) is 3.88. The molecule has 0 saturated carbocycles. The summed E-state index contributed by atoms with van der Waals surface area (Å²) in [7, 11) is 3.24. The summed E-state index contributed by atoms with van der Waals surface area (Å²) in [4.78, 5) is 22.3. The molecule has 4 rings (SSSR count). The number of anilines is 2. The van der Waals surface area contributed by atoms with E-state index in [1.54, 1.807) is 14.2 Å². The Kier molecular flexibility index (Phi) is 9.47. The average Bonchev–Trinajstić information content (AvgIpc) is 2.93. The number of amides is 1. The van der Waals surface area contributed by atoms with Gasteiger partial charge in [-0.1, -0.05) is 57.5 Å². The van der Waals surface area contributed by atoms with Crippen LogP contribution in [0.3, 0.4) is 0 Å². The number of hydrazine groups is 1. The maximum Gasteiger partial charge on any atom is 0.237 e. The van der Waals surface area contributed by atoms with E-state index in [1.165, 1.54) is 11.1 Å². The molecule has 0 fully saturated rings. The molecular weight excluding hydrogens is 504 g/mol. The molecule has 0 unspecified atom stereocenters. The lowest BCUT2D eigenvalue weighted by Gasteiger charge is -2.38. The molecule has 9 nitrogen and oxygen atoms in total. The van der Waals surface area contributed by atoms with E-state index in [9.17, 15) is 4.79 Å². The van der Waals surface area contributed by atoms with Gasteiger partial charge in [0.25, 0.3) is 0 Å². The van der Waals surface area contributed by atoms with Gasteiger partial charge in [0.05, 0.1) is 26.0 Å². The van der Waals surface area contributed by atoms with Crippen LogP contribution in [0.5, 0.6) is 11.5 Å². The molecule has 1 aliphatic heterocycles. The third-order valence-electron chi connectivity index (χ3n) is 7.36. The predicted molar refractivity (Wildman–Crippen MR) is 158 cm³/mol. The number of carbonyl (C=O) groups excluding carboxylic acids is 1. The number of aryl methyl sites for hydroxylation is 2. The quantitative estimate of drug-likeness (QED) is 0.314. The summed E-state index contributed by atoms with van der Waals surface area (Å²) < 4.78 is 11.4. The SMILES string of the molecule is CCCc1nc(N)nc(N)c1Cc1cc(CCC(=O)N2NCc3ccccc3[C@@H]2CC(C)C)c(OC)c(OC)c1. The number of methoxy groups -OCH3 is 2. The molecule has 3 aromatic rings. The van der Waals surface area contributed by atoms with Gasteiger partial charge in [0.15, 0.2) is 11.5 Å². The smallest absolute Gasteiger partial charge is 0.237 e. The zero-order chi connectivity index (χ0) is 28.8. The molecule has 0 bridgehead atoms. The second-order valence-corrected chi connectivity index (χ2v) is 10.8. The second kappa shape index (κ2) is 13.0. The van der Waals surface area contributed by atoms with Crippen molar-refractivity contribution in [2.24, 2.45) is 5.92 Å². The molecule has 1 amide bonds. The molecule has 0 saturated heterocycles. The molecule has 9 heteroatoms. The number of nitrogens with zero attached hydrogens (tertiary/aromatic N) is 3. The summed E-state index contributed by atoms with van der Waals surface area (Å²) in [6.45, 7) is 7.10. The zero-order valence-electron chi connectivity index (χ0n) is 24.3. The number of nitrogens with two attached hydrogens (primary N) is 2. The number of nitrogen functional groups attached to an aromatic ring is 2. The highest BCUT2D eigenvalue weighted by atomic mass is 16.5. The Morgan fingerprint density at radius 1 is 1.12 bits per heavy atom. The lowest BCUT2D eigenvalue weighted by Crippen LogP contribution is -2.48. The Morgan fingerprint density at radius 2 is 1.90 bits per heavy atom. The molecule has 1 atom stereocenters. The second-order valence-electron chi connectivity index (χ2n) is 10.8. The van der Waals surface area contributed by atoms with Crippen molar-refractivity contribution in [1.82, 2.24) is 20.4 Å². The van der Waals surface area contributed by atoms with Crippen molar-refractivity contribution < 1.29 is 14.3 Å². The van der Waals surface area contributed by atoms with Gasteiger partial charge in [-0.25, -0.2) is 10.4 Å². The van der Waals surface area contributed by atoms with Gasteiger partial charge in [0, 0.05) is 24.9 Å². The largest absolute Gasteiger partial charge is 0.493 e. The van der Waals surface area contributed by atoms with E-state index in [0.717, 1.165) is 41.6 Å². The fourth-order valence-electron chi connectivity index (χ4n) is 5.55. The first-order chi connectivity index (χ1) is 19.2. The highest BCUT2D eigenvalue weighted by Gasteiger charge is 2.31.